The zero-order chi connectivity index (χ0) is 21.3. The molecular formula is C21H21ClN4O2S2. The van der Waals surface area contributed by atoms with Gasteiger partial charge in [0.1, 0.15) is 16.6 Å². The molecule has 1 amide bonds. The Morgan fingerprint density at radius 2 is 2.10 bits per heavy atom. The number of amides is 1. The van der Waals surface area contributed by atoms with Gasteiger partial charge in [0.25, 0.3) is 0 Å². The van der Waals surface area contributed by atoms with Crippen LogP contribution in [0.15, 0.2) is 40.7 Å². The maximum Gasteiger partial charge on any atom is 0.237 e. The summed E-state index contributed by atoms with van der Waals surface area (Å²) in [6.07, 6.45) is 1.43. The summed E-state index contributed by atoms with van der Waals surface area (Å²) in [6.45, 7) is 4.05. The summed E-state index contributed by atoms with van der Waals surface area (Å²) >= 11 is 9.30. The van der Waals surface area contributed by atoms with Gasteiger partial charge < -0.3 is 10.1 Å². The number of benzene rings is 1. The van der Waals surface area contributed by atoms with Gasteiger partial charge in [0, 0.05) is 12.1 Å². The number of anilines is 1. The summed E-state index contributed by atoms with van der Waals surface area (Å²) in [4.78, 5) is 12.9. The predicted octanol–water partition coefficient (Wildman–Crippen LogP) is 5.68. The molecule has 156 valence electrons. The average Bonchev–Trinajstić information content (AvgIpc) is 3.34. The second-order valence-electron chi connectivity index (χ2n) is 6.66. The standard InChI is InChI=1S/C21H21ClN4O2S2/c1-4-17(20(27)23-12-6-7-16(28-3)13(22)10-12)30-21-15-11-18-14(8-9-29-18)26(15)19(5-2)24-25-21/h6-11,17H,4-5H2,1-3H3,(H,23,27)/t17-/m1/s1. The highest BCUT2D eigenvalue weighted by Crippen LogP contribution is 2.34. The fourth-order valence-electron chi connectivity index (χ4n) is 3.30. The summed E-state index contributed by atoms with van der Waals surface area (Å²) in [5.74, 6) is 1.38. The number of halogens is 1. The van der Waals surface area contributed by atoms with Crippen LogP contribution >= 0.6 is 34.7 Å². The van der Waals surface area contributed by atoms with Crippen molar-refractivity contribution in [3.8, 4) is 5.75 Å². The van der Waals surface area contributed by atoms with E-state index in [9.17, 15) is 4.79 Å². The molecule has 9 heteroatoms. The molecule has 1 N–H and O–H groups in total. The third-order valence-corrected chi connectivity index (χ3v) is 7.30. The smallest absolute Gasteiger partial charge is 0.237 e. The van der Waals surface area contributed by atoms with Gasteiger partial charge in [-0.3, -0.25) is 9.20 Å². The van der Waals surface area contributed by atoms with Crippen molar-refractivity contribution in [1.82, 2.24) is 14.6 Å². The molecule has 0 aliphatic carbocycles. The minimum absolute atomic E-state index is 0.100. The number of ether oxygens (including phenoxy) is 1. The molecule has 0 fully saturated rings. The van der Waals surface area contributed by atoms with Gasteiger partial charge in [-0.05, 0) is 42.1 Å². The van der Waals surface area contributed by atoms with E-state index in [1.54, 1.807) is 36.6 Å². The van der Waals surface area contributed by atoms with Gasteiger partial charge in [-0.1, -0.05) is 37.2 Å². The van der Waals surface area contributed by atoms with Gasteiger partial charge in [0.05, 0.1) is 33.1 Å². The first-order chi connectivity index (χ1) is 14.5. The van der Waals surface area contributed by atoms with E-state index in [1.165, 1.54) is 16.5 Å². The number of hydrogen-bond acceptors (Lipinski definition) is 6. The second-order valence-corrected chi connectivity index (χ2v) is 9.21. The third-order valence-electron chi connectivity index (χ3n) is 4.81. The Labute approximate surface area is 187 Å². The molecule has 0 radical (unpaired) electrons. The average molecular weight is 461 g/mol. The monoisotopic (exact) mass is 460 g/mol. The van der Waals surface area contributed by atoms with Crippen LogP contribution in [0.2, 0.25) is 5.02 Å². The first-order valence-electron chi connectivity index (χ1n) is 9.61. The van der Waals surface area contributed by atoms with E-state index in [4.69, 9.17) is 16.3 Å². The van der Waals surface area contributed by atoms with E-state index in [2.05, 4.69) is 44.4 Å². The second kappa shape index (κ2) is 8.83. The minimum atomic E-state index is -0.315. The summed E-state index contributed by atoms with van der Waals surface area (Å²) in [6, 6.07) is 9.42. The molecule has 0 spiro atoms. The van der Waals surface area contributed by atoms with Crippen LogP contribution in [0.4, 0.5) is 5.69 Å². The van der Waals surface area contributed by atoms with Crippen LogP contribution in [0, 0.1) is 0 Å². The number of nitrogens with zero attached hydrogens (tertiary/aromatic N) is 3. The molecule has 4 aromatic rings. The number of carbonyl (C=O) groups excluding carboxylic acids is 1. The Morgan fingerprint density at radius 3 is 2.80 bits per heavy atom. The van der Waals surface area contributed by atoms with Crippen molar-refractivity contribution in [2.45, 2.75) is 37.0 Å². The molecule has 30 heavy (non-hydrogen) atoms. The molecule has 1 atom stereocenters. The highest BCUT2D eigenvalue weighted by molar-refractivity contribution is 8.00. The van der Waals surface area contributed by atoms with Crippen molar-refractivity contribution in [3.05, 3.63) is 46.6 Å². The number of thioether (sulfide) groups is 1. The van der Waals surface area contributed by atoms with E-state index >= 15 is 0 Å². The summed E-state index contributed by atoms with van der Waals surface area (Å²) in [5, 5.41) is 14.8. The van der Waals surface area contributed by atoms with E-state index in [0.717, 1.165) is 28.3 Å². The zero-order valence-electron chi connectivity index (χ0n) is 16.8. The SMILES string of the molecule is CCc1nnc(S[C@H](CC)C(=O)Nc2ccc(OC)c(Cl)c2)c2cc3sccc3n12. The molecular weight excluding hydrogens is 440 g/mol. The summed E-state index contributed by atoms with van der Waals surface area (Å²) in [5.41, 5.74) is 2.76. The van der Waals surface area contributed by atoms with Crippen molar-refractivity contribution >= 4 is 62.0 Å². The molecule has 3 aromatic heterocycles. The van der Waals surface area contributed by atoms with Crippen LogP contribution in [0.1, 0.15) is 26.1 Å². The maximum atomic E-state index is 12.9. The maximum absolute atomic E-state index is 12.9. The van der Waals surface area contributed by atoms with E-state index in [-0.39, 0.29) is 11.2 Å². The minimum Gasteiger partial charge on any atom is -0.495 e. The number of fused-ring (bicyclic) bond motifs is 3. The van der Waals surface area contributed by atoms with Gasteiger partial charge in [-0.25, -0.2) is 0 Å². The number of aryl methyl sites for hydroxylation is 1. The van der Waals surface area contributed by atoms with E-state index in [1.807, 2.05) is 6.92 Å². The predicted molar refractivity (Wildman–Crippen MR) is 124 cm³/mol. The normalized spacial score (nSPS) is 12.4. The number of rotatable bonds is 7. The number of hydrogen-bond donors (Lipinski definition) is 1. The lowest BCUT2D eigenvalue weighted by atomic mass is 10.2. The molecule has 6 nitrogen and oxygen atoms in total. The topological polar surface area (TPSA) is 68.5 Å². The van der Waals surface area contributed by atoms with E-state index in [0.29, 0.717) is 22.9 Å². The Morgan fingerprint density at radius 1 is 1.27 bits per heavy atom. The molecule has 1 aromatic carbocycles. The first-order valence-corrected chi connectivity index (χ1v) is 11.7. The third kappa shape index (κ3) is 3.87. The van der Waals surface area contributed by atoms with Crippen LogP contribution in [0.3, 0.4) is 0 Å². The lowest BCUT2D eigenvalue weighted by molar-refractivity contribution is -0.115. The molecule has 0 saturated carbocycles. The Kier molecular flexibility index (Phi) is 6.17. The van der Waals surface area contributed by atoms with Crippen LogP contribution in [0.25, 0.3) is 15.7 Å². The molecule has 0 unspecified atom stereocenters. The number of carbonyl (C=O) groups is 1. The quantitative estimate of drug-likeness (QED) is 0.359. The van der Waals surface area contributed by atoms with Crippen LogP contribution in [-0.2, 0) is 11.2 Å². The van der Waals surface area contributed by atoms with Gasteiger partial charge >= 0.3 is 0 Å². The number of methoxy groups -OCH3 is 1. The zero-order valence-corrected chi connectivity index (χ0v) is 19.2. The van der Waals surface area contributed by atoms with Crippen molar-refractivity contribution in [2.75, 3.05) is 12.4 Å². The fraction of sp³-hybridized carbons (Fsp3) is 0.286. The summed E-state index contributed by atoms with van der Waals surface area (Å²) < 4.78 is 8.50. The molecule has 0 bridgehead atoms. The van der Waals surface area contributed by atoms with Crippen molar-refractivity contribution < 1.29 is 9.53 Å². The highest BCUT2D eigenvalue weighted by atomic mass is 35.5. The number of nitrogens with one attached hydrogen (secondary N) is 1. The van der Waals surface area contributed by atoms with Crippen LogP contribution < -0.4 is 10.1 Å². The molecule has 0 aliphatic rings. The van der Waals surface area contributed by atoms with Gasteiger partial charge in [0.15, 0.2) is 0 Å². The van der Waals surface area contributed by atoms with Crippen LogP contribution in [0.5, 0.6) is 5.75 Å². The molecule has 3 heterocycles. The van der Waals surface area contributed by atoms with Crippen molar-refractivity contribution in [1.29, 1.82) is 0 Å². The highest BCUT2D eigenvalue weighted by Gasteiger charge is 2.22. The van der Waals surface area contributed by atoms with E-state index < -0.39 is 0 Å². The lowest BCUT2D eigenvalue weighted by Gasteiger charge is -2.16. The Bertz CT molecular complexity index is 1220. The Hall–Kier alpha value is -2.29. The molecule has 0 saturated heterocycles. The van der Waals surface area contributed by atoms with Gasteiger partial charge in [-0.15, -0.1) is 21.5 Å². The van der Waals surface area contributed by atoms with Crippen molar-refractivity contribution in [3.63, 3.8) is 0 Å². The number of aromatic nitrogens is 3. The largest absolute Gasteiger partial charge is 0.495 e. The first kappa shape index (κ1) is 21.0. The van der Waals surface area contributed by atoms with Crippen molar-refractivity contribution in [2.24, 2.45) is 0 Å². The van der Waals surface area contributed by atoms with Gasteiger partial charge in [-0.2, -0.15) is 0 Å². The lowest BCUT2D eigenvalue weighted by Crippen LogP contribution is -2.25. The fourth-order valence-corrected chi connectivity index (χ4v) is 5.32. The number of thiophene rings is 1. The van der Waals surface area contributed by atoms with Crippen LogP contribution in [-0.4, -0.2) is 32.9 Å². The summed E-state index contributed by atoms with van der Waals surface area (Å²) in [7, 11) is 1.56. The molecule has 0 aliphatic heterocycles. The Balaban J connectivity index is 1.61. The molecule has 4 rings (SSSR count). The van der Waals surface area contributed by atoms with Gasteiger partial charge in [0.2, 0.25) is 5.91 Å².